The number of sulfonamides is 1. The second-order valence-electron chi connectivity index (χ2n) is 6.53. The summed E-state index contributed by atoms with van der Waals surface area (Å²) in [5, 5.41) is 0.277. The molecule has 0 N–H and O–H groups in total. The molecule has 1 fully saturated rings. The Balaban J connectivity index is 1.65. The van der Waals surface area contributed by atoms with E-state index in [4.69, 9.17) is 4.74 Å². The molecule has 0 bridgehead atoms. The molecule has 8 heteroatoms. The van der Waals surface area contributed by atoms with E-state index in [1.54, 1.807) is 36.4 Å². The Hall–Kier alpha value is -1.90. The van der Waals surface area contributed by atoms with Crippen LogP contribution in [0.25, 0.3) is 0 Å². The van der Waals surface area contributed by atoms with E-state index in [0.29, 0.717) is 30.3 Å². The third-order valence-electron chi connectivity index (χ3n) is 4.53. The van der Waals surface area contributed by atoms with E-state index in [1.807, 2.05) is 13.8 Å². The molecule has 2 aromatic rings. The van der Waals surface area contributed by atoms with Gasteiger partial charge in [0.1, 0.15) is 10.6 Å². The maximum atomic E-state index is 12.6. The number of rotatable bonds is 8. The second kappa shape index (κ2) is 9.07. The van der Waals surface area contributed by atoms with Gasteiger partial charge in [-0.2, -0.15) is 4.31 Å². The minimum atomic E-state index is -3.47. The fourth-order valence-electron chi connectivity index (χ4n) is 3.02. The van der Waals surface area contributed by atoms with E-state index in [-0.39, 0.29) is 15.9 Å². The van der Waals surface area contributed by atoms with Gasteiger partial charge in [-0.25, -0.2) is 13.4 Å². The van der Waals surface area contributed by atoms with Gasteiger partial charge in [-0.15, -0.1) is 0 Å². The molecule has 3 rings (SSSR count). The Labute approximate surface area is 170 Å². The van der Waals surface area contributed by atoms with Gasteiger partial charge >= 0.3 is 0 Å². The quantitative estimate of drug-likeness (QED) is 0.479. The molecule has 1 saturated heterocycles. The molecule has 1 atom stereocenters. The SMILES string of the molecule is CCOc1ccc(C(=O)C(C)Sc2ccc(S(=O)(=O)N3CCCC3)cn2)cc1. The molecule has 1 unspecified atom stereocenters. The summed E-state index contributed by atoms with van der Waals surface area (Å²) in [5.41, 5.74) is 0.608. The highest BCUT2D eigenvalue weighted by Crippen LogP contribution is 2.27. The van der Waals surface area contributed by atoms with E-state index >= 15 is 0 Å². The Kier molecular flexibility index (Phi) is 6.74. The number of hydrogen-bond donors (Lipinski definition) is 0. The number of pyridine rings is 1. The van der Waals surface area contributed by atoms with Crippen LogP contribution in [0.5, 0.6) is 5.75 Å². The van der Waals surface area contributed by atoms with Gasteiger partial charge in [-0.3, -0.25) is 4.79 Å². The molecule has 0 saturated carbocycles. The summed E-state index contributed by atoms with van der Waals surface area (Å²) in [4.78, 5) is 17.1. The average Bonchev–Trinajstić information content (AvgIpc) is 3.24. The van der Waals surface area contributed by atoms with Crippen molar-refractivity contribution in [1.82, 2.24) is 9.29 Å². The molecule has 150 valence electrons. The predicted molar refractivity (Wildman–Crippen MR) is 109 cm³/mol. The molecule has 1 aromatic heterocycles. The van der Waals surface area contributed by atoms with Gasteiger partial charge in [0.25, 0.3) is 0 Å². The lowest BCUT2D eigenvalue weighted by molar-refractivity contribution is 0.0994. The average molecular weight is 421 g/mol. The van der Waals surface area contributed by atoms with Crippen molar-refractivity contribution in [3.8, 4) is 5.75 Å². The van der Waals surface area contributed by atoms with E-state index in [1.165, 1.54) is 22.3 Å². The number of thioether (sulfide) groups is 1. The minimum Gasteiger partial charge on any atom is -0.494 e. The molecule has 0 aliphatic carbocycles. The molecular weight excluding hydrogens is 396 g/mol. The zero-order valence-electron chi connectivity index (χ0n) is 16.0. The third kappa shape index (κ3) is 4.74. The lowest BCUT2D eigenvalue weighted by Gasteiger charge is -2.15. The van der Waals surface area contributed by atoms with Crippen LogP contribution in [0.15, 0.2) is 52.5 Å². The summed E-state index contributed by atoms with van der Waals surface area (Å²) >= 11 is 1.31. The van der Waals surface area contributed by atoms with Crippen LogP contribution in [0.2, 0.25) is 0 Å². The van der Waals surface area contributed by atoms with Crippen LogP contribution < -0.4 is 4.74 Å². The molecule has 28 heavy (non-hydrogen) atoms. The highest BCUT2D eigenvalue weighted by atomic mass is 32.2. The van der Waals surface area contributed by atoms with Crippen LogP contribution in [-0.4, -0.2) is 48.4 Å². The maximum Gasteiger partial charge on any atom is 0.244 e. The predicted octanol–water partition coefficient (Wildman–Crippen LogP) is 3.63. The van der Waals surface area contributed by atoms with Gasteiger partial charge in [0.15, 0.2) is 5.78 Å². The summed E-state index contributed by atoms with van der Waals surface area (Å²) in [6, 6.07) is 10.3. The van der Waals surface area contributed by atoms with Crippen molar-refractivity contribution < 1.29 is 17.9 Å². The molecule has 0 radical (unpaired) electrons. The largest absolute Gasteiger partial charge is 0.494 e. The molecule has 2 heterocycles. The van der Waals surface area contributed by atoms with Crippen molar-refractivity contribution in [3.63, 3.8) is 0 Å². The Morgan fingerprint density at radius 3 is 2.43 bits per heavy atom. The Bertz CT molecular complexity index is 906. The fraction of sp³-hybridized carbons (Fsp3) is 0.400. The van der Waals surface area contributed by atoms with Gasteiger partial charge in [-0.05, 0) is 63.1 Å². The summed E-state index contributed by atoms with van der Waals surface area (Å²) in [6.07, 6.45) is 3.17. The topological polar surface area (TPSA) is 76.6 Å². The second-order valence-corrected chi connectivity index (χ2v) is 9.82. The summed E-state index contributed by atoms with van der Waals surface area (Å²) in [7, 11) is -3.47. The highest BCUT2D eigenvalue weighted by molar-refractivity contribution is 8.00. The van der Waals surface area contributed by atoms with Crippen molar-refractivity contribution in [2.24, 2.45) is 0 Å². The summed E-state index contributed by atoms with van der Waals surface area (Å²) < 4.78 is 32.0. The molecule has 0 spiro atoms. The lowest BCUT2D eigenvalue weighted by atomic mass is 10.1. The van der Waals surface area contributed by atoms with Gasteiger partial charge < -0.3 is 4.74 Å². The standard InChI is InChI=1S/C20H24N2O4S2/c1-3-26-17-8-6-16(7-9-17)20(23)15(2)27-19-11-10-18(14-21-19)28(24,25)22-12-4-5-13-22/h6-11,14-15H,3-5,12-13H2,1-2H3. The van der Waals surface area contributed by atoms with Crippen molar-refractivity contribution >= 4 is 27.6 Å². The summed E-state index contributed by atoms with van der Waals surface area (Å²) in [6.45, 7) is 5.43. The number of ketones is 1. The zero-order chi connectivity index (χ0) is 20.1. The number of carbonyl (C=O) groups excluding carboxylic acids is 1. The maximum absolute atomic E-state index is 12.6. The van der Waals surface area contributed by atoms with Crippen LogP contribution in [0.3, 0.4) is 0 Å². The van der Waals surface area contributed by atoms with Crippen LogP contribution in [0.4, 0.5) is 0 Å². The summed E-state index contributed by atoms with van der Waals surface area (Å²) in [5.74, 6) is 0.722. The van der Waals surface area contributed by atoms with Crippen LogP contribution in [0, 0.1) is 0 Å². The third-order valence-corrected chi connectivity index (χ3v) is 7.46. The Morgan fingerprint density at radius 2 is 1.86 bits per heavy atom. The highest BCUT2D eigenvalue weighted by Gasteiger charge is 2.27. The van der Waals surface area contributed by atoms with Crippen LogP contribution in [-0.2, 0) is 10.0 Å². The molecule has 1 aliphatic rings. The first kappa shape index (κ1) is 20.8. The van der Waals surface area contributed by atoms with Gasteiger partial charge in [-0.1, -0.05) is 11.8 Å². The van der Waals surface area contributed by atoms with E-state index < -0.39 is 10.0 Å². The first-order valence-electron chi connectivity index (χ1n) is 9.31. The number of carbonyl (C=O) groups is 1. The van der Waals surface area contributed by atoms with Crippen LogP contribution >= 0.6 is 11.8 Å². The molecule has 0 amide bonds. The number of nitrogens with zero attached hydrogens (tertiary/aromatic N) is 2. The smallest absolute Gasteiger partial charge is 0.244 e. The van der Waals surface area contributed by atoms with E-state index in [2.05, 4.69) is 4.98 Å². The first-order chi connectivity index (χ1) is 13.4. The monoisotopic (exact) mass is 420 g/mol. The van der Waals surface area contributed by atoms with Crippen molar-refractivity contribution in [3.05, 3.63) is 48.2 Å². The number of Topliss-reactive ketones (excluding diaryl/α,β-unsaturated/α-hetero) is 1. The fourth-order valence-corrected chi connectivity index (χ4v) is 5.35. The number of hydrogen-bond acceptors (Lipinski definition) is 6. The van der Waals surface area contributed by atoms with E-state index in [0.717, 1.165) is 18.6 Å². The number of ether oxygens (including phenoxy) is 1. The zero-order valence-corrected chi connectivity index (χ0v) is 17.6. The molecular formula is C20H24N2O4S2. The van der Waals surface area contributed by atoms with Gasteiger partial charge in [0.2, 0.25) is 10.0 Å². The molecule has 1 aromatic carbocycles. The van der Waals surface area contributed by atoms with Crippen molar-refractivity contribution in [1.29, 1.82) is 0 Å². The van der Waals surface area contributed by atoms with Gasteiger partial charge in [0, 0.05) is 24.8 Å². The van der Waals surface area contributed by atoms with Crippen molar-refractivity contribution in [2.75, 3.05) is 19.7 Å². The molecule has 6 nitrogen and oxygen atoms in total. The first-order valence-corrected chi connectivity index (χ1v) is 11.6. The lowest BCUT2D eigenvalue weighted by Crippen LogP contribution is -2.27. The van der Waals surface area contributed by atoms with Crippen LogP contribution in [0.1, 0.15) is 37.0 Å². The number of aromatic nitrogens is 1. The number of benzene rings is 1. The van der Waals surface area contributed by atoms with E-state index in [9.17, 15) is 13.2 Å². The van der Waals surface area contributed by atoms with Gasteiger partial charge in [0.05, 0.1) is 16.9 Å². The normalized spacial score (nSPS) is 16.1. The Morgan fingerprint density at radius 1 is 1.18 bits per heavy atom. The van der Waals surface area contributed by atoms with Crippen molar-refractivity contribution in [2.45, 2.75) is 41.9 Å². The molecule has 1 aliphatic heterocycles. The minimum absolute atomic E-state index is 0.0105.